The van der Waals surface area contributed by atoms with Crippen molar-refractivity contribution in [2.24, 2.45) is 5.92 Å². The fourth-order valence-corrected chi connectivity index (χ4v) is 5.12. The molecule has 5 nitrogen and oxygen atoms in total. The van der Waals surface area contributed by atoms with E-state index in [2.05, 4.69) is 11.6 Å². The highest BCUT2D eigenvalue weighted by molar-refractivity contribution is 7.89. The van der Waals surface area contributed by atoms with Crippen molar-refractivity contribution in [2.45, 2.75) is 50.0 Å². The lowest BCUT2D eigenvalue weighted by Crippen LogP contribution is -2.34. The number of rotatable bonds is 4. The standard InChI is InChI=1S/C13H19NO4S2/c1-9-3-2-4-10(6-5-9)14-20(17,18)11-7-8-19-12(11)13(15)16/h7-10,14H,2-6H2,1H3,(H,15,16). The maximum Gasteiger partial charge on any atom is 0.347 e. The van der Waals surface area contributed by atoms with Gasteiger partial charge in [0.05, 0.1) is 0 Å². The summed E-state index contributed by atoms with van der Waals surface area (Å²) in [6.45, 7) is 2.18. The summed E-state index contributed by atoms with van der Waals surface area (Å²) in [5, 5.41) is 10.5. The van der Waals surface area contributed by atoms with Crippen LogP contribution in [0.15, 0.2) is 16.3 Å². The molecule has 1 aromatic heterocycles. The van der Waals surface area contributed by atoms with Crippen LogP contribution in [0.25, 0.3) is 0 Å². The predicted octanol–water partition coefficient (Wildman–Crippen LogP) is 2.69. The third kappa shape index (κ3) is 3.59. The van der Waals surface area contributed by atoms with Crippen molar-refractivity contribution in [1.29, 1.82) is 0 Å². The zero-order valence-corrected chi connectivity index (χ0v) is 13.0. The Hall–Kier alpha value is -0.920. The van der Waals surface area contributed by atoms with Gasteiger partial charge in [-0.05, 0) is 36.6 Å². The minimum absolute atomic E-state index is 0.0912. The first kappa shape index (κ1) is 15.5. The van der Waals surface area contributed by atoms with Gasteiger partial charge in [-0.1, -0.05) is 19.8 Å². The van der Waals surface area contributed by atoms with Gasteiger partial charge >= 0.3 is 5.97 Å². The number of thiophene rings is 1. The molecule has 0 aromatic carbocycles. The minimum Gasteiger partial charge on any atom is -0.477 e. The zero-order chi connectivity index (χ0) is 14.8. The number of hydrogen-bond acceptors (Lipinski definition) is 4. The Morgan fingerprint density at radius 2 is 2.10 bits per heavy atom. The SMILES string of the molecule is CC1CCCC(NS(=O)(=O)c2ccsc2C(=O)O)CC1. The summed E-state index contributed by atoms with van der Waals surface area (Å²) < 4.78 is 27.3. The minimum atomic E-state index is -3.75. The molecule has 1 aromatic rings. The molecule has 0 radical (unpaired) electrons. The molecule has 0 spiro atoms. The second kappa shape index (κ2) is 6.24. The van der Waals surface area contributed by atoms with Gasteiger partial charge in [-0.3, -0.25) is 0 Å². The molecule has 0 amide bonds. The van der Waals surface area contributed by atoms with E-state index >= 15 is 0 Å². The molecule has 2 unspecified atom stereocenters. The van der Waals surface area contributed by atoms with Gasteiger partial charge in [0, 0.05) is 6.04 Å². The third-order valence-corrected chi connectivity index (χ3v) is 6.29. The van der Waals surface area contributed by atoms with Crippen molar-refractivity contribution in [2.75, 3.05) is 0 Å². The topological polar surface area (TPSA) is 83.5 Å². The number of carbonyl (C=O) groups is 1. The first-order chi connectivity index (χ1) is 9.40. The monoisotopic (exact) mass is 317 g/mol. The lowest BCUT2D eigenvalue weighted by molar-refractivity contribution is 0.0698. The van der Waals surface area contributed by atoms with E-state index in [1.165, 1.54) is 11.4 Å². The van der Waals surface area contributed by atoms with Crippen molar-refractivity contribution < 1.29 is 18.3 Å². The van der Waals surface area contributed by atoms with Crippen LogP contribution in [0.1, 0.15) is 48.7 Å². The van der Waals surface area contributed by atoms with Crippen LogP contribution < -0.4 is 4.72 Å². The molecule has 0 bridgehead atoms. The van der Waals surface area contributed by atoms with Crippen LogP contribution in [0, 0.1) is 5.92 Å². The largest absolute Gasteiger partial charge is 0.477 e. The van der Waals surface area contributed by atoms with E-state index < -0.39 is 16.0 Å². The Bertz CT molecular complexity index is 579. The highest BCUT2D eigenvalue weighted by atomic mass is 32.2. The molecule has 2 atom stereocenters. The first-order valence-electron chi connectivity index (χ1n) is 6.73. The molecular weight excluding hydrogens is 298 g/mol. The summed E-state index contributed by atoms with van der Waals surface area (Å²) in [4.78, 5) is 10.8. The first-order valence-corrected chi connectivity index (χ1v) is 9.09. The Kier molecular flexibility index (Phi) is 4.82. The van der Waals surface area contributed by atoms with Crippen LogP contribution in [-0.2, 0) is 10.0 Å². The Labute approximate surface area is 123 Å². The fraction of sp³-hybridized carbons (Fsp3) is 0.615. The van der Waals surface area contributed by atoms with Gasteiger partial charge in [0.15, 0.2) is 0 Å². The van der Waals surface area contributed by atoms with Crippen molar-refractivity contribution in [3.8, 4) is 0 Å². The highest BCUT2D eigenvalue weighted by Crippen LogP contribution is 2.26. The average Bonchev–Trinajstić information content (AvgIpc) is 2.78. The summed E-state index contributed by atoms with van der Waals surface area (Å²) in [5.41, 5.74) is 0. The van der Waals surface area contributed by atoms with Crippen LogP contribution in [0.2, 0.25) is 0 Å². The lowest BCUT2D eigenvalue weighted by atomic mass is 10.0. The number of hydrogen-bond donors (Lipinski definition) is 2. The van der Waals surface area contributed by atoms with Crippen LogP contribution >= 0.6 is 11.3 Å². The smallest absolute Gasteiger partial charge is 0.347 e. The number of nitrogens with one attached hydrogen (secondary N) is 1. The van der Waals surface area contributed by atoms with Crippen molar-refractivity contribution in [3.63, 3.8) is 0 Å². The zero-order valence-electron chi connectivity index (χ0n) is 11.3. The summed E-state index contributed by atoms with van der Waals surface area (Å²) in [6.07, 6.45) is 4.76. The summed E-state index contributed by atoms with van der Waals surface area (Å²) in [5.74, 6) is -0.574. The molecule has 20 heavy (non-hydrogen) atoms. The summed E-state index contributed by atoms with van der Waals surface area (Å²) >= 11 is 0.932. The molecule has 7 heteroatoms. The highest BCUT2D eigenvalue weighted by Gasteiger charge is 2.27. The Morgan fingerprint density at radius 1 is 1.35 bits per heavy atom. The van der Waals surface area contributed by atoms with Crippen molar-refractivity contribution in [3.05, 3.63) is 16.3 Å². The maximum atomic E-state index is 12.3. The van der Waals surface area contributed by atoms with Gasteiger partial charge in [0.25, 0.3) is 0 Å². The Morgan fingerprint density at radius 3 is 2.80 bits per heavy atom. The lowest BCUT2D eigenvalue weighted by Gasteiger charge is -2.16. The molecule has 1 fully saturated rings. The average molecular weight is 317 g/mol. The molecule has 1 aliphatic carbocycles. The van der Waals surface area contributed by atoms with Gasteiger partial charge in [-0.2, -0.15) is 0 Å². The van der Waals surface area contributed by atoms with E-state index in [0.29, 0.717) is 5.92 Å². The van der Waals surface area contributed by atoms with E-state index in [1.807, 2.05) is 0 Å². The van der Waals surface area contributed by atoms with Crippen LogP contribution in [0.3, 0.4) is 0 Å². The quantitative estimate of drug-likeness (QED) is 0.836. The molecule has 1 aliphatic rings. The molecular formula is C13H19NO4S2. The molecule has 1 heterocycles. The number of sulfonamides is 1. The molecule has 0 aliphatic heterocycles. The summed E-state index contributed by atoms with van der Waals surface area (Å²) in [7, 11) is -3.75. The number of carboxylic acids is 1. The molecule has 0 saturated heterocycles. The van der Waals surface area contributed by atoms with Crippen LogP contribution in [0.4, 0.5) is 0 Å². The Balaban J connectivity index is 2.14. The van der Waals surface area contributed by atoms with E-state index in [0.717, 1.165) is 43.4 Å². The van der Waals surface area contributed by atoms with Crippen LogP contribution in [-0.4, -0.2) is 25.5 Å². The van der Waals surface area contributed by atoms with E-state index in [-0.39, 0.29) is 15.8 Å². The maximum absolute atomic E-state index is 12.3. The van der Waals surface area contributed by atoms with Gasteiger partial charge in [-0.25, -0.2) is 17.9 Å². The number of aromatic carboxylic acids is 1. The van der Waals surface area contributed by atoms with Gasteiger partial charge in [-0.15, -0.1) is 11.3 Å². The fourth-order valence-electron chi connectivity index (χ4n) is 2.55. The molecule has 1 saturated carbocycles. The third-order valence-electron chi connectivity index (χ3n) is 3.69. The molecule has 112 valence electrons. The molecule has 2 N–H and O–H groups in total. The van der Waals surface area contributed by atoms with E-state index in [1.54, 1.807) is 0 Å². The van der Waals surface area contributed by atoms with Crippen molar-refractivity contribution in [1.82, 2.24) is 4.72 Å². The van der Waals surface area contributed by atoms with Gasteiger partial charge < -0.3 is 5.11 Å². The number of carboxylic acid groups (broad SMARTS) is 1. The second-order valence-corrected chi connectivity index (χ2v) is 7.95. The van der Waals surface area contributed by atoms with Gasteiger partial charge in [0.2, 0.25) is 10.0 Å². The second-order valence-electron chi connectivity index (χ2n) is 5.35. The van der Waals surface area contributed by atoms with Gasteiger partial charge in [0.1, 0.15) is 9.77 Å². The van der Waals surface area contributed by atoms with Crippen molar-refractivity contribution >= 4 is 27.3 Å². The van der Waals surface area contributed by atoms with E-state index in [4.69, 9.17) is 5.11 Å². The molecule has 2 rings (SSSR count). The normalized spacial score (nSPS) is 24.2. The predicted molar refractivity (Wildman–Crippen MR) is 77.6 cm³/mol. The van der Waals surface area contributed by atoms with Crippen LogP contribution in [0.5, 0.6) is 0 Å². The summed E-state index contributed by atoms with van der Waals surface area (Å²) in [6, 6.07) is 1.27. The van der Waals surface area contributed by atoms with E-state index in [9.17, 15) is 13.2 Å².